The second-order valence-electron chi connectivity index (χ2n) is 6.28. The average Bonchev–Trinajstić information content (AvgIpc) is 2.64. The Bertz CT molecular complexity index is 754. The fourth-order valence-electron chi connectivity index (χ4n) is 2.53. The summed E-state index contributed by atoms with van der Waals surface area (Å²) in [6.45, 7) is 1.36. The zero-order chi connectivity index (χ0) is 19.1. The topological polar surface area (TPSA) is 47.9 Å². The van der Waals surface area contributed by atoms with Crippen LogP contribution in [0.3, 0.4) is 0 Å². The van der Waals surface area contributed by atoms with Gasteiger partial charge in [0.1, 0.15) is 0 Å². The number of nitrogens with one attached hydrogen (secondary N) is 1. The highest BCUT2D eigenvalue weighted by Crippen LogP contribution is 2.11. The number of amides is 1. The number of guanidine groups is 1. The monoisotopic (exact) mass is 372 g/mol. The van der Waals surface area contributed by atoms with E-state index >= 15 is 0 Å². The molecule has 0 aromatic heterocycles. The highest BCUT2D eigenvalue weighted by atomic mass is 35.5. The van der Waals surface area contributed by atoms with Crippen molar-refractivity contribution in [2.45, 2.75) is 13.1 Å². The molecule has 138 valence electrons. The van der Waals surface area contributed by atoms with Gasteiger partial charge in [-0.15, -0.1) is 0 Å². The van der Waals surface area contributed by atoms with Crippen LogP contribution in [-0.4, -0.2) is 49.9 Å². The van der Waals surface area contributed by atoms with Crippen LogP contribution in [0, 0.1) is 0 Å². The number of carbonyl (C=O) groups excluding carboxylic acids is 1. The van der Waals surface area contributed by atoms with Gasteiger partial charge in [0.2, 0.25) is 0 Å². The molecule has 0 heterocycles. The van der Waals surface area contributed by atoms with Crippen LogP contribution in [0.1, 0.15) is 21.5 Å². The van der Waals surface area contributed by atoms with Crippen LogP contribution in [0.25, 0.3) is 0 Å². The summed E-state index contributed by atoms with van der Waals surface area (Å²) < 4.78 is 0. The van der Waals surface area contributed by atoms with Crippen molar-refractivity contribution in [1.29, 1.82) is 0 Å². The number of halogens is 1. The van der Waals surface area contributed by atoms with Gasteiger partial charge in [-0.1, -0.05) is 35.9 Å². The van der Waals surface area contributed by atoms with Gasteiger partial charge < -0.3 is 15.1 Å². The Balaban J connectivity index is 1.93. The fraction of sp³-hybridized carbons (Fsp3) is 0.300. The van der Waals surface area contributed by atoms with Crippen LogP contribution in [0.15, 0.2) is 53.5 Å². The van der Waals surface area contributed by atoms with E-state index in [0.717, 1.165) is 28.7 Å². The molecule has 1 N–H and O–H groups in total. The average molecular weight is 373 g/mol. The van der Waals surface area contributed by atoms with Crippen LogP contribution in [0.4, 0.5) is 0 Å². The van der Waals surface area contributed by atoms with Crippen LogP contribution in [0.2, 0.25) is 5.02 Å². The van der Waals surface area contributed by atoms with Gasteiger partial charge in [-0.25, -0.2) is 0 Å². The Morgan fingerprint density at radius 3 is 2.12 bits per heavy atom. The van der Waals surface area contributed by atoms with Crippen LogP contribution >= 0.6 is 11.6 Å². The largest absolute Gasteiger partial charge is 0.352 e. The summed E-state index contributed by atoms with van der Waals surface area (Å²) in [6, 6.07) is 15.4. The van der Waals surface area contributed by atoms with Crippen LogP contribution in [0.5, 0.6) is 0 Å². The SMILES string of the molecule is CN=C(NCc1ccc(C(=O)N(C)C)cc1)N(C)Cc1ccc(Cl)cc1. The van der Waals surface area contributed by atoms with E-state index in [1.54, 1.807) is 26.0 Å². The van der Waals surface area contributed by atoms with Gasteiger partial charge in [0, 0.05) is 51.9 Å². The van der Waals surface area contributed by atoms with E-state index in [-0.39, 0.29) is 5.91 Å². The third-order valence-electron chi connectivity index (χ3n) is 3.96. The molecule has 6 heteroatoms. The maximum absolute atomic E-state index is 11.9. The molecule has 2 rings (SSSR count). The van der Waals surface area contributed by atoms with Crippen molar-refractivity contribution in [3.05, 3.63) is 70.2 Å². The Labute approximate surface area is 160 Å². The van der Waals surface area contributed by atoms with E-state index in [1.807, 2.05) is 60.5 Å². The number of benzene rings is 2. The summed E-state index contributed by atoms with van der Waals surface area (Å²) in [7, 11) is 7.25. The second kappa shape index (κ2) is 9.25. The van der Waals surface area contributed by atoms with Crippen LogP contribution in [-0.2, 0) is 13.1 Å². The molecule has 0 saturated heterocycles. The Morgan fingerprint density at radius 1 is 1.00 bits per heavy atom. The lowest BCUT2D eigenvalue weighted by Crippen LogP contribution is -2.38. The molecule has 0 aliphatic carbocycles. The number of carbonyl (C=O) groups is 1. The zero-order valence-corrected chi connectivity index (χ0v) is 16.4. The molecule has 0 unspecified atom stereocenters. The minimum Gasteiger partial charge on any atom is -0.352 e. The molecule has 26 heavy (non-hydrogen) atoms. The van der Waals surface area contributed by atoms with Crippen molar-refractivity contribution < 1.29 is 4.79 Å². The summed E-state index contributed by atoms with van der Waals surface area (Å²) in [5.74, 6) is 0.802. The van der Waals surface area contributed by atoms with Gasteiger partial charge in [0.15, 0.2) is 5.96 Å². The molecule has 0 aliphatic heterocycles. The van der Waals surface area contributed by atoms with Gasteiger partial charge in [-0.05, 0) is 35.4 Å². The maximum Gasteiger partial charge on any atom is 0.253 e. The lowest BCUT2D eigenvalue weighted by Gasteiger charge is -2.22. The Hall–Kier alpha value is -2.53. The molecule has 0 atom stereocenters. The summed E-state index contributed by atoms with van der Waals surface area (Å²) in [5.41, 5.74) is 2.93. The predicted octanol–water partition coefficient (Wildman–Crippen LogP) is 3.25. The van der Waals surface area contributed by atoms with E-state index in [2.05, 4.69) is 10.3 Å². The minimum absolute atomic E-state index is 0.00279. The number of nitrogens with zero attached hydrogens (tertiary/aromatic N) is 3. The highest BCUT2D eigenvalue weighted by Gasteiger charge is 2.09. The predicted molar refractivity (Wildman–Crippen MR) is 108 cm³/mol. The van der Waals surface area contributed by atoms with Crippen molar-refractivity contribution in [2.24, 2.45) is 4.99 Å². The molecule has 0 bridgehead atoms. The first-order valence-corrected chi connectivity index (χ1v) is 8.75. The third-order valence-corrected chi connectivity index (χ3v) is 4.22. The highest BCUT2D eigenvalue weighted by molar-refractivity contribution is 6.30. The van der Waals surface area contributed by atoms with Crippen LogP contribution < -0.4 is 5.32 Å². The quantitative estimate of drug-likeness (QED) is 0.647. The molecule has 0 saturated carbocycles. The summed E-state index contributed by atoms with van der Waals surface area (Å²) in [5, 5.41) is 4.07. The lowest BCUT2D eigenvalue weighted by atomic mass is 10.1. The van der Waals surface area contributed by atoms with Crippen molar-refractivity contribution in [3.8, 4) is 0 Å². The molecule has 0 spiro atoms. The molecule has 1 amide bonds. The van der Waals surface area contributed by atoms with Crippen molar-refractivity contribution in [1.82, 2.24) is 15.1 Å². The molecule has 5 nitrogen and oxygen atoms in total. The smallest absolute Gasteiger partial charge is 0.253 e. The molecule has 2 aromatic rings. The van der Waals surface area contributed by atoms with Gasteiger partial charge in [-0.2, -0.15) is 0 Å². The standard InChI is InChI=1S/C20H25ClN4O/c1-22-20(25(4)14-16-7-11-18(21)12-8-16)23-13-15-5-9-17(10-6-15)19(26)24(2)3/h5-12H,13-14H2,1-4H3,(H,22,23). The zero-order valence-electron chi connectivity index (χ0n) is 15.7. The first kappa shape index (κ1) is 19.8. The molecule has 2 aromatic carbocycles. The van der Waals surface area contributed by atoms with Gasteiger partial charge in [0.25, 0.3) is 5.91 Å². The summed E-state index contributed by atoms with van der Waals surface area (Å²) in [6.07, 6.45) is 0. The lowest BCUT2D eigenvalue weighted by molar-refractivity contribution is 0.0827. The van der Waals surface area contributed by atoms with E-state index < -0.39 is 0 Å². The third kappa shape index (κ3) is 5.49. The summed E-state index contributed by atoms with van der Waals surface area (Å²) in [4.78, 5) is 19.9. The summed E-state index contributed by atoms with van der Waals surface area (Å²) >= 11 is 5.93. The fourth-order valence-corrected chi connectivity index (χ4v) is 2.65. The number of aliphatic imine (C=N–C) groups is 1. The van der Waals surface area contributed by atoms with E-state index in [0.29, 0.717) is 12.1 Å². The van der Waals surface area contributed by atoms with Crippen molar-refractivity contribution in [2.75, 3.05) is 28.2 Å². The normalized spacial score (nSPS) is 11.2. The van der Waals surface area contributed by atoms with E-state index in [1.165, 1.54) is 0 Å². The van der Waals surface area contributed by atoms with Gasteiger partial charge in [0.05, 0.1) is 0 Å². The minimum atomic E-state index is 0.00279. The van der Waals surface area contributed by atoms with Gasteiger partial charge in [-0.3, -0.25) is 9.79 Å². The van der Waals surface area contributed by atoms with E-state index in [4.69, 9.17) is 11.6 Å². The first-order chi connectivity index (χ1) is 12.4. The van der Waals surface area contributed by atoms with E-state index in [9.17, 15) is 4.79 Å². The molecule has 0 radical (unpaired) electrons. The first-order valence-electron chi connectivity index (χ1n) is 8.37. The molecular weight excluding hydrogens is 348 g/mol. The Morgan fingerprint density at radius 2 is 1.58 bits per heavy atom. The van der Waals surface area contributed by atoms with Gasteiger partial charge >= 0.3 is 0 Å². The number of hydrogen-bond donors (Lipinski definition) is 1. The Kier molecular flexibility index (Phi) is 7.04. The van der Waals surface area contributed by atoms with Crippen molar-refractivity contribution in [3.63, 3.8) is 0 Å². The number of rotatable bonds is 5. The second-order valence-corrected chi connectivity index (χ2v) is 6.72. The maximum atomic E-state index is 11.9. The molecular formula is C20H25ClN4O. The number of hydrogen-bond acceptors (Lipinski definition) is 2. The van der Waals surface area contributed by atoms with Crippen molar-refractivity contribution >= 4 is 23.5 Å². The molecule has 0 aliphatic rings. The molecule has 0 fully saturated rings.